The van der Waals surface area contributed by atoms with E-state index < -0.39 is 4.92 Å². The highest BCUT2D eigenvalue weighted by molar-refractivity contribution is 9.09. The van der Waals surface area contributed by atoms with Crippen LogP contribution < -0.4 is 0 Å². The number of aryl methyl sites for hydroxylation is 1. The second-order valence-corrected chi connectivity index (χ2v) is 4.21. The zero-order valence-electron chi connectivity index (χ0n) is 8.08. The Balaban J connectivity index is 2.92. The molecule has 0 unspecified atom stereocenters. The first-order valence-electron chi connectivity index (χ1n) is 4.57. The van der Waals surface area contributed by atoms with Crippen LogP contribution in [0.15, 0.2) is 18.2 Å². The van der Waals surface area contributed by atoms with Crippen molar-refractivity contribution in [1.29, 1.82) is 0 Å². The number of nitro benzene ring substituents is 1. The highest BCUT2D eigenvalue weighted by Crippen LogP contribution is 2.22. The van der Waals surface area contributed by atoms with E-state index >= 15 is 0 Å². The second kappa shape index (κ2) is 6.08. The summed E-state index contributed by atoms with van der Waals surface area (Å²) in [5.41, 5.74) is 1.79. The van der Waals surface area contributed by atoms with Crippen molar-refractivity contribution in [3.63, 3.8) is 0 Å². The van der Waals surface area contributed by atoms with Crippen molar-refractivity contribution < 1.29 is 4.92 Å². The van der Waals surface area contributed by atoms with E-state index in [1.165, 1.54) is 6.07 Å². The van der Waals surface area contributed by atoms with Crippen molar-refractivity contribution in [2.75, 3.05) is 5.33 Å². The van der Waals surface area contributed by atoms with Gasteiger partial charge in [-0.3, -0.25) is 10.1 Å². The number of rotatable bonds is 5. The zero-order chi connectivity index (χ0) is 11.3. The largest absolute Gasteiger partial charge is 0.273 e. The molecule has 0 amide bonds. The molecule has 3 nitrogen and oxygen atoms in total. The van der Waals surface area contributed by atoms with E-state index in [4.69, 9.17) is 11.6 Å². The summed E-state index contributed by atoms with van der Waals surface area (Å²) in [7, 11) is 0. The lowest BCUT2D eigenvalue weighted by atomic mass is 10.1. The van der Waals surface area contributed by atoms with Crippen LogP contribution in [0.5, 0.6) is 0 Å². The smallest absolute Gasteiger partial charge is 0.258 e. The Kier molecular flexibility index (Phi) is 5.05. The van der Waals surface area contributed by atoms with Crippen LogP contribution in [0.25, 0.3) is 0 Å². The van der Waals surface area contributed by atoms with E-state index in [1.807, 2.05) is 6.07 Å². The number of alkyl halides is 2. The van der Waals surface area contributed by atoms with Gasteiger partial charge >= 0.3 is 0 Å². The maximum Gasteiger partial charge on any atom is 0.273 e. The third kappa shape index (κ3) is 3.47. The van der Waals surface area contributed by atoms with Crippen LogP contribution in [0.3, 0.4) is 0 Å². The van der Waals surface area contributed by atoms with Gasteiger partial charge in [0.25, 0.3) is 5.69 Å². The lowest BCUT2D eigenvalue weighted by Gasteiger charge is -2.03. The molecule has 0 aliphatic rings. The first-order valence-corrected chi connectivity index (χ1v) is 6.22. The molecule has 15 heavy (non-hydrogen) atoms. The van der Waals surface area contributed by atoms with E-state index in [-0.39, 0.29) is 11.6 Å². The quantitative estimate of drug-likeness (QED) is 0.472. The fourth-order valence-electron chi connectivity index (χ4n) is 1.35. The minimum atomic E-state index is -0.397. The molecule has 1 rings (SSSR count). The Morgan fingerprint density at radius 1 is 1.47 bits per heavy atom. The van der Waals surface area contributed by atoms with Crippen LogP contribution >= 0.6 is 27.5 Å². The Morgan fingerprint density at radius 3 is 2.73 bits per heavy atom. The van der Waals surface area contributed by atoms with Crippen LogP contribution in [-0.4, -0.2) is 10.3 Å². The molecule has 5 heteroatoms. The monoisotopic (exact) mass is 291 g/mol. The molecule has 0 atom stereocenters. The summed E-state index contributed by atoms with van der Waals surface area (Å²) in [6, 6.07) is 5.13. The van der Waals surface area contributed by atoms with Gasteiger partial charge in [-0.05, 0) is 24.5 Å². The maximum atomic E-state index is 10.6. The second-order valence-electron chi connectivity index (χ2n) is 3.15. The molecule has 0 saturated heterocycles. The van der Waals surface area contributed by atoms with Gasteiger partial charge in [0.05, 0.1) is 10.8 Å². The van der Waals surface area contributed by atoms with Gasteiger partial charge in [0, 0.05) is 17.0 Å². The Morgan fingerprint density at radius 2 is 2.20 bits per heavy atom. The summed E-state index contributed by atoms with van der Waals surface area (Å²) in [6.45, 7) is 0. The summed E-state index contributed by atoms with van der Waals surface area (Å²) in [5.74, 6) is 0.179. The van der Waals surface area contributed by atoms with Gasteiger partial charge in [0.2, 0.25) is 0 Å². The highest BCUT2D eigenvalue weighted by atomic mass is 79.9. The van der Waals surface area contributed by atoms with Crippen LogP contribution in [0, 0.1) is 10.1 Å². The van der Waals surface area contributed by atoms with Crippen LogP contribution in [0.4, 0.5) is 5.69 Å². The molecule has 0 N–H and O–H groups in total. The lowest BCUT2D eigenvalue weighted by Crippen LogP contribution is -1.95. The van der Waals surface area contributed by atoms with Crippen molar-refractivity contribution in [3.8, 4) is 0 Å². The number of nitrogens with zero attached hydrogens (tertiary/aromatic N) is 1. The van der Waals surface area contributed by atoms with Crippen molar-refractivity contribution >= 4 is 33.2 Å². The minimum absolute atomic E-state index is 0.104. The number of hydrogen-bond donors (Lipinski definition) is 0. The summed E-state index contributed by atoms with van der Waals surface area (Å²) in [6.07, 6.45) is 1.92. The number of halogens is 2. The van der Waals surface area contributed by atoms with Crippen molar-refractivity contribution in [3.05, 3.63) is 39.4 Å². The molecule has 0 fully saturated rings. The molecule has 0 bridgehead atoms. The Hall–Kier alpha value is -0.610. The molecule has 82 valence electrons. The molecule has 0 aliphatic carbocycles. The van der Waals surface area contributed by atoms with Crippen molar-refractivity contribution in [2.24, 2.45) is 0 Å². The summed E-state index contributed by atoms with van der Waals surface area (Å²) in [5, 5.41) is 11.6. The molecule has 0 aliphatic heterocycles. The first kappa shape index (κ1) is 12.5. The molecule has 0 saturated carbocycles. The number of nitro groups is 1. The van der Waals surface area contributed by atoms with Gasteiger partial charge < -0.3 is 0 Å². The minimum Gasteiger partial charge on any atom is -0.258 e. The molecule has 1 aromatic carbocycles. The van der Waals surface area contributed by atoms with Gasteiger partial charge in [-0.1, -0.05) is 22.0 Å². The molecule has 0 radical (unpaired) electrons. The molecule has 1 aromatic rings. The van der Waals surface area contributed by atoms with E-state index in [1.54, 1.807) is 6.07 Å². The predicted molar refractivity (Wildman–Crippen MR) is 64.8 cm³/mol. The summed E-state index contributed by atoms with van der Waals surface area (Å²) >= 11 is 9.01. The SMILES string of the molecule is O=[N+]([O-])c1ccc(CCCBr)cc1CCl. The van der Waals surface area contributed by atoms with Gasteiger partial charge in [-0.15, -0.1) is 11.6 Å². The standard InChI is InChI=1S/C10H11BrClNO2/c11-5-1-2-8-3-4-10(13(14)15)9(6-8)7-12/h3-4,6H,1-2,5,7H2. The molecule has 0 heterocycles. The van der Waals surface area contributed by atoms with E-state index in [0.717, 1.165) is 23.7 Å². The first-order chi connectivity index (χ1) is 7.19. The fraction of sp³-hybridized carbons (Fsp3) is 0.400. The van der Waals surface area contributed by atoms with Gasteiger partial charge in [-0.25, -0.2) is 0 Å². The molecule has 0 spiro atoms. The zero-order valence-corrected chi connectivity index (χ0v) is 10.4. The fourth-order valence-corrected chi connectivity index (χ4v) is 1.84. The van der Waals surface area contributed by atoms with Gasteiger partial charge in [0.15, 0.2) is 0 Å². The molecular weight excluding hydrogens is 281 g/mol. The molecular formula is C10H11BrClNO2. The van der Waals surface area contributed by atoms with E-state index in [0.29, 0.717) is 5.56 Å². The van der Waals surface area contributed by atoms with Crippen LogP contribution in [-0.2, 0) is 12.3 Å². The average Bonchev–Trinajstić information content (AvgIpc) is 2.25. The number of hydrogen-bond acceptors (Lipinski definition) is 2. The van der Waals surface area contributed by atoms with Crippen molar-refractivity contribution in [1.82, 2.24) is 0 Å². The lowest BCUT2D eigenvalue weighted by molar-refractivity contribution is -0.385. The summed E-state index contributed by atoms with van der Waals surface area (Å²) in [4.78, 5) is 10.2. The summed E-state index contributed by atoms with van der Waals surface area (Å²) < 4.78 is 0. The maximum absolute atomic E-state index is 10.6. The van der Waals surface area contributed by atoms with Crippen molar-refractivity contribution in [2.45, 2.75) is 18.7 Å². The third-order valence-corrected chi connectivity index (χ3v) is 2.93. The van der Waals surface area contributed by atoms with E-state index in [2.05, 4.69) is 15.9 Å². The highest BCUT2D eigenvalue weighted by Gasteiger charge is 2.12. The Bertz CT molecular complexity index is 357. The third-order valence-electron chi connectivity index (χ3n) is 2.08. The van der Waals surface area contributed by atoms with Crippen LogP contribution in [0.2, 0.25) is 0 Å². The van der Waals surface area contributed by atoms with Gasteiger partial charge in [-0.2, -0.15) is 0 Å². The normalized spacial score (nSPS) is 10.3. The van der Waals surface area contributed by atoms with Gasteiger partial charge in [0.1, 0.15) is 0 Å². The predicted octanol–water partition coefficient (Wildman–Crippen LogP) is 3.66. The molecule has 0 aromatic heterocycles. The Labute approximate surface area is 102 Å². The van der Waals surface area contributed by atoms with E-state index in [9.17, 15) is 10.1 Å². The number of benzene rings is 1. The topological polar surface area (TPSA) is 43.1 Å². The van der Waals surface area contributed by atoms with Crippen LogP contribution in [0.1, 0.15) is 17.5 Å². The average molecular weight is 293 g/mol.